The van der Waals surface area contributed by atoms with Gasteiger partial charge in [-0.2, -0.15) is 0 Å². The number of nitrogens with zero attached hydrogens (tertiary/aromatic N) is 1. The van der Waals surface area contributed by atoms with Crippen LogP contribution in [0.25, 0.3) is 0 Å². The summed E-state index contributed by atoms with van der Waals surface area (Å²) in [5.74, 6) is 0.829. The fourth-order valence-corrected chi connectivity index (χ4v) is 3.26. The summed E-state index contributed by atoms with van der Waals surface area (Å²) in [5.41, 5.74) is 1.65. The average Bonchev–Trinajstić information content (AvgIpc) is 2.89. The van der Waals surface area contributed by atoms with Gasteiger partial charge >= 0.3 is 0 Å². The van der Waals surface area contributed by atoms with Gasteiger partial charge in [0, 0.05) is 20.5 Å². The predicted octanol–water partition coefficient (Wildman–Crippen LogP) is 4.31. The third-order valence-corrected chi connectivity index (χ3v) is 4.27. The Morgan fingerprint density at radius 2 is 2.05 bits per heavy atom. The lowest BCUT2D eigenvalue weighted by molar-refractivity contribution is -0.116. The second-order valence-electron chi connectivity index (χ2n) is 5.77. The Kier molecular flexibility index (Phi) is 5.30. The first-order valence-corrected chi connectivity index (χ1v) is 7.71. The van der Waals surface area contributed by atoms with Crippen LogP contribution < -0.4 is 10.2 Å². The van der Waals surface area contributed by atoms with Crippen LogP contribution in [0.4, 0.5) is 11.4 Å². The number of rotatable bonds is 5. The van der Waals surface area contributed by atoms with E-state index in [1.807, 2.05) is 37.2 Å². The number of hydrogen-bond donors (Lipinski definition) is 1. The molecule has 1 amide bonds. The largest absolute Gasteiger partial charge is 0.375 e. The first kappa shape index (κ1) is 15.2. The fourth-order valence-electron chi connectivity index (χ4n) is 2.92. The smallest absolute Gasteiger partial charge is 0.224 e. The van der Waals surface area contributed by atoms with Gasteiger partial charge in [0.1, 0.15) is 0 Å². The monoisotopic (exact) mass is 294 g/mol. The van der Waals surface area contributed by atoms with Gasteiger partial charge in [-0.1, -0.05) is 43.4 Å². The number of anilines is 2. The zero-order valence-electron chi connectivity index (χ0n) is 12.3. The second kappa shape index (κ2) is 6.98. The quantitative estimate of drug-likeness (QED) is 0.877. The summed E-state index contributed by atoms with van der Waals surface area (Å²) in [5, 5.41) is 3.65. The third kappa shape index (κ3) is 3.89. The minimum Gasteiger partial charge on any atom is -0.375 e. The summed E-state index contributed by atoms with van der Waals surface area (Å²) < 4.78 is 0. The molecule has 0 aliphatic heterocycles. The molecule has 0 aromatic heterocycles. The van der Waals surface area contributed by atoms with E-state index < -0.39 is 0 Å². The molecule has 0 heterocycles. The van der Waals surface area contributed by atoms with Gasteiger partial charge in [0.15, 0.2) is 0 Å². The van der Waals surface area contributed by atoms with E-state index >= 15 is 0 Å². The van der Waals surface area contributed by atoms with Crippen molar-refractivity contribution in [1.29, 1.82) is 0 Å². The number of nitrogens with one attached hydrogen (secondary N) is 1. The van der Waals surface area contributed by atoms with Crippen LogP contribution in [-0.2, 0) is 4.79 Å². The van der Waals surface area contributed by atoms with Crippen LogP contribution in [0.5, 0.6) is 0 Å². The van der Waals surface area contributed by atoms with Gasteiger partial charge in [0.25, 0.3) is 0 Å². The molecule has 110 valence electrons. The number of amides is 1. The highest BCUT2D eigenvalue weighted by atomic mass is 35.5. The molecule has 1 fully saturated rings. The minimum atomic E-state index is 0.0854. The lowest BCUT2D eigenvalue weighted by atomic mass is 10.0. The van der Waals surface area contributed by atoms with Crippen molar-refractivity contribution in [3.8, 4) is 0 Å². The summed E-state index contributed by atoms with van der Waals surface area (Å²) in [4.78, 5) is 14.0. The molecule has 1 aromatic rings. The minimum absolute atomic E-state index is 0.0854. The SMILES string of the molecule is CN(C)c1c(Cl)cccc1NC(=O)CCC1CCCC1. The molecule has 2 rings (SSSR count). The van der Waals surface area contributed by atoms with Crippen LogP contribution in [0.3, 0.4) is 0 Å². The van der Waals surface area contributed by atoms with Crippen molar-refractivity contribution in [2.45, 2.75) is 38.5 Å². The molecular formula is C16H23ClN2O. The van der Waals surface area contributed by atoms with Crippen molar-refractivity contribution >= 4 is 28.9 Å². The van der Waals surface area contributed by atoms with Crippen molar-refractivity contribution in [1.82, 2.24) is 0 Å². The fraction of sp³-hybridized carbons (Fsp3) is 0.562. The zero-order chi connectivity index (χ0) is 14.5. The Hall–Kier alpha value is -1.22. The molecule has 0 unspecified atom stereocenters. The summed E-state index contributed by atoms with van der Waals surface area (Å²) in [6.07, 6.45) is 6.82. The number of hydrogen-bond acceptors (Lipinski definition) is 2. The van der Waals surface area contributed by atoms with Crippen molar-refractivity contribution in [3.05, 3.63) is 23.2 Å². The van der Waals surface area contributed by atoms with E-state index in [9.17, 15) is 4.79 Å². The van der Waals surface area contributed by atoms with Crippen molar-refractivity contribution in [2.75, 3.05) is 24.3 Å². The summed E-state index contributed by atoms with van der Waals surface area (Å²) >= 11 is 6.20. The van der Waals surface area contributed by atoms with Crippen LogP contribution >= 0.6 is 11.6 Å². The highest BCUT2D eigenvalue weighted by Gasteiger charge is 2.17. The van der Waals surface area contributed by atoms with Crippen molar-refractivity contribution in [3.63, 3.8) is 0 Å². The highest BCUT2D eigenvalue weighted by molar-refractivity contribution is 6.34. The van der Waals surface area contributed by atoms with Gasteiger partial charge in [-0.15, -0.1) is 0 Å². The molecule has 3 nitrogen and oxygen atoms in total. The van der Waals surface area contributed by atoms with Gasteiger partial charge in [-0.3, -0.25) is 4.79 Å². The maximum Gasteiger partial charge on any atom is 0.224 e. The van der Waals surface area contributed by atoms with Crippen molar-refractivity contribution in [2.24, 2.45) is 5.92 Å². The summed E-state index contributed by atoms with van der Waals surface area (Å²) in [6.45, 7) is 0. The Balaban J connectivity index is 1.95. The predicted molar refractivity (Wildman–Crippen MR) is 85.6 cm³/mol. The van der Waals surface area contributed by atoms with Crippen LogP contribution in [-0.4, -0.2) is 20.0 Å². The maximum atomic E-state index is 12.1. The third-order valence-electron chi connectivity index (χ3n) is 3.96. The topological polar surface area (TPSA) is 32.3 Å². The Morgan fingerprint density at radius 3 is 2.70 bits per heavy atom. The molecule has 1 aliphatic rings. The van der Waals surface area contributed by atoms with Crippen molar-refractivity contribution < 1.29 is 4.79 Å². The number of halogens is 1. The van der Waals surface area contributed by atoms with E-state index in [1.54, 1.807) is 0 Å². The molecule has 1 aliphatic carbocycles. The molecule has 1 saturated carbocycles. The van der Waals surface area contributed by atoms with Crippen LogP contribution in [0, 0.1) is 5.92 Å². The van der Waals surface area contributed by atoms with Crippen LogP contribution in [0.2, 0.25) is 5.02 Å². The lowest BCUT2D eigenvalue weighted by Crippen LogP contribution is -2.17. The van der Waals surface area contributed by atoms with E-state index in [1.165, 1.54) is 25.7 Å². The number of carbonyl (C=O) groups excluding carboxylic acids is 1. The molecule has 1 aromatic carbocycles. The molecule has 4 heteroatoms. The second-order valence-corrected chi connectivity index (χ2v) is 6.17. The van der Waals surface area contributed by atoms with Gasteiger partial charge in [0.05, 0.1) is 16.4 Å². The highest BCUT2D eigenvalue weighted by Crippen LogP contribution is 2.33. The maximum absolute atomic E-state index is 12.1. The molecule has 0 spiro atoms. The summed E-state index contributed by atoms with van der Waals surface area (Å²) in [7, 11) is 3.85. The first-order chi connectivity index (χ1) is 9.58. The number of benzene rings is 1. The zero-order valence-corrected chi connectivity index (χ0v) is 13.0. The molecule has 1 N–H and O–H groups in total. The molecule has 0 saturated heterocycles. The molecule has 0 bridgehead atoms. The lowest BCUT2D eigenvalue weighted by Gasteiger charge is -2.19. The van der Waals surface area contributed by atoms with E-state index in [4.69, 9.17) is 11.6 Å². The summed E-state index contributed by atoms with van der Waals surface area (Å²) in [6, 6.07) is 5.60. The van der Waals surface area contributed by atoms with E-state index in [2.05, 4.69) is 5.32 Å². The van der Waals surface area contributed by atoms with E-state index in [0.29, 0.717) is 11.4 Å². The number of para-hydroxylation sites is 1. The standard InChI is InChI=1S/C16H23ClN2O/c1-19(2)16-13(17)8-5-9-14(16)18-15(20)11-10-12-6-3-4-7-12/h5,8-9,12H,3-4,6-7,10-11H2,1-2H3,(H,18,20). The molecular weight excluding hydrogens is 272 g/mol. The Bertz CT molecular complexity index is 468. The molecule has 20 heavy (non-hydrogen) atoms. The molecule has 0 atom stereocenters. The first-order valence-electron chi connectivity index (χ1n) is 7.33. The van der Waals surface area contributed by atoms with Gasteiger partial charge in [0.2, 0.25) is 5.91 Å². The van der Waals surface area contributed by atoms with Gasteiger partial charge in [-0.05, 0) is 24.5 Å². The van der Waals surface area contributed by atoms with Crippen LogP contribution in [0.1, 0.15) is 38.5 Å². The van der Waals surface area contributed by atoms with E-state index in [0.717, 1.165) is 23.7 Å². The molecule has 0 radical (unpaired) electrons. The Labute approximate surface area is 126 Å². The van der Waals surface area contributed by atoms with E-state index in [-0.39, 0.29) is 5.91 Å². The average molecular weight is 295 g/mol. The normalized spacial score (nSPS) is 15.3. The number of carbonyl (C=O) groups is 1. The Morgan fingerprint density at radius 1 is 1.35 bits per heavy atom. The van der Waals surface area contributed by atoms with Gasteiger partial charge in [-0.25, -0.2) is 0 Å². The van der Waals surface area contributed by atoms with Crippen LogP contribution in [0.15, 0.2) is 18.2 Å². The van der Waals surface area contributed by atoms with Gasteiger partial charge < -0.3 is 10.2 Å².